The van der Waals surface area contributed by atoms with E-state index in [9.17, 15) is 32.0 Å². The van der Waals surface area contributed by atoms with Crippen LogP contribution < -0.4 is 20.1 Å². The molecule has 3 fully saturated rings. The van der Waals surface area contributed by atoms with Crippen molar-refractivity contribution in [3.05, 3.63) is 72.1 Å². The molecule has 0 radical (unpaired) electrons. The molecular weight excluding hydrogens is 778 g/mol. The number of likely N-dealkylation sites (tertiary alicyclic amines) is 1. The number of para-hydroxylation sites is 1. The minimum atomic E-state index is -4.04. The fraction of sp³-hybridized carbons (Fsp3) is 0.523. The Kier molecular flexibility index (Phi) is 11.8. The molecule has 4 aliphatic rings. The number of carbonyl (C=O) groups excluding carboxylic acids is 4. The van der Waals surface area contributed by atoms with E-state index < -0.39 is 80.2 Å². The van der Waals surface area contributed by atoms with Gasteiger partial charge in [0, 0.05) is 28.9 Å². The number of hydrogen-bond acceptors (Lipinski definition) is 9. The lowest BCUT2D eigenvalue weighted by molar-refractivity contribution is -0.143. The summed E-state index contributed by atoms with van der Waals surface area (Å²) in [6.07, 6.45) is 8.91. The molecule has 15 heteroatoms. The monoisotopic (exact) mass is 831 g/mol. The standard InChI is InChI=1S/C44H54FN5O8S/c1-5-6-7-8-9-14-30-18-21-44(30,40(53)49-59(55,56)42(4)22-23-42)48-39(52)35-25-43(27-50(35)36(51)26-46-41(54)57-28(2)3)20-19-33-32-16-10-11-17-34(32)47-37(38(33)58-43)29-13-12-15-31(45)24-29/h9-17,24,28,30,35H,5-8,18-23,25-27H2,1-4H3,(H,46,54)(H,48,52)(H,49,53). The number of ether oxygens (including phenoxy) is 2. The summed E-state index contributed by atoms with van der Waals surface area (Å²) < 4.78 is 54.7. The molecule has 3 aromatic rings. The minimum absolute atomic E-state index is 0.0153. The third-order valence-corrected chi connectivity index (χ3v) is 14.5. The molecule has 4 amide bonds. The van der Waals surface area contributed by atoms with Crippen molar-refractivity contribution in [1.29, 1.82) is 0 Å². The zero-order chi connectivity index (χ0) is 42.2. The second-order valence-corrected chi connectivity index (χ2v) is 19.2. The van der Waals surface area contributed by atoms with E-state index in [2.05, 4.69) is 22.3 Å². The number of nitrogens with zero attached hydrogens (tertiary/aromatic N) is 2. The molecule has 1 aromatic heterocycles. The van der Waals surface area contributed by atoms with Crippen molar-refractivity contribution in [3.8, 4) is 17.0 Å². The molecule has 13 nitrogen and oxygen atoms in total. The van der Waals surface area contributed by atoms with Gasteiger partial charge in [-0.2, -0.15) is 0 Å². The van der Waals surface area contributed by atoms with Crippen molar-refractivity contribution >= 4 is 44.7 Å². The van der Waals surface area contributed by atoms with E-state index >= 15 is 0 Å². The Hall–Kier alpha value is -5.05. The van der Waals surface area contributed by atoms with Crippen molar-refractivity contribution in [2.45, 2.75) is 126 Å². The van der Waals surface area contributed by atoms with E-state index in [1.807, 2.05) is 36.4 Å². The van der Waals surface area contributed by atoms with Gasteiger partial charge in [0.1, 0.15) is 41.0 Å². The first-order chi connectivity index (χ1) is 28.1. The van der Waals surface area contributed by atoms with Gasteiger partial charge >= 0.3 is 6.09 Å². The lowest BCUT2D eigenvalue weighted by atomic mass is 9.65. The second kappa shape index (κ2) is 16.5. The predicted octanol–water partition coefficient (Wildman–Crippen LogP) is 6.24. The molecule has 2 saturated carbocycles. The maximum Gasteiger partial charge on any atom is 0.407 e. The Morgan fingerprint density at radius 1 is 1.07 bits per heavy atom. The molecule has 2 aliphatic heterocycles. The highest BCUT2D eigenvalue weighted by Crippen LogP contribution is 2.48. The summed E-state index contributed by atoms with van der Waals surface area (Å²) in [5.41, 5.74) is -0.209. The second-order valence-electron chi connectivity index (χ2n) is 17.0. The van der Waals surface area contributed by atoms with Crippen LogP contribution in [0.25, 0.3) is 22.2 Å². The number of hydrogen-bond donors (Lipinski definition) is 3. The Balaban J connectivity index is 1.22. The van der Waals surface area contributed by atoms with Gasteiger partial charge in [-0.15, -0.1) is 0 Å². The molecule has 4 unspecified atom stereocenters. The third-order valence-electron chi connectivity index (χ3n) is 12.4. The van der Waals surface area contributed by atoms with Crippen LogP contribution in [0.15, 0.2) is 60.7 Å². The summed E-state index contributed by atoms with van der Waals surface area (Å²) in [5, 5.41) is 6.32. The number of benzene rings is 2. The summed E-state index contributed by atoms with van der Waals surface area (Å²) in [5.74, 6) is -2.55. The van der Waals surface area contributed by atoms with Crippen LogP contribution in [0.5, 0.6) is 5.75 Å². The van der Waals surface area contributed by atoms with E-state index in [-0.39, 0.29) is 19.4 Å². The van der Waals surface area contributed by atoms with E-state index in [1.54, 1.807) is 32.9 Å². The highest BCUT2D eigenvalue weighted by Gasteiger charge is 2.59. The Morgan fingerprint density at radius 3 is 2.54 bits per heavy atom. The smallest absolute Gasteiger partial charge is 0.407 e. The van der Waals surface area contributed by atoms with Gasteiger partial charge in [-0.25, -0.2) is 22.6 Å². The Labute approximate surface area is 344 Å². The number of fused-ring (bicyclic) bond motifs is 3. The van der Waals surface area contributed by atoms with Crippen LogP contribution in [0.2, 0.25) is 0 Å². The highest BCUT2D eigenvalue weighted by molar-refractivity contribution is 7.91. The Bertz CT molecular complexity index is 2280. The average Bonchev–Trinajstić information content (AvgIpc) is 3.86. The number of rotatable bonds is 14. The normalized spacial score (nSPS) is 24.3. The lowest BCUT2D eigenvalue weighted by Gasteiger charge is -2.47. The van der Waals surface area contributed by atoms with Gasteiger partial charge in [-0.1, -0.05) is 62.2 Å². The molecule has 1 saturated heterocycles. The quantitative estimate of drug-likeness (QED) is 0.126. The topological polar surface area (TPSA) is 173 Å². The zero-order valence-corrected chi connectivity index (χ0v) is 35.0. The van der Waals surface area contributed by atoms with Crippen molar-refractivity contribution in [3.63, 3.8) is 0 Å². The number of aromatic nitrogens is 1. The first-order valence-corrected chi connectivity index (χ1v) is 22.2. The van der Waals surface area contributed by atoms with Gasteiger partial charge in [0.05, 0.1) is 22.9 Å². The minimum Gasteiger partial charge on any atom is -0.483 e. The number of carbonyl (C=O) groups is 4. The number of sulfonamides is 1. The van der Waals surface area contributed by atoms with Gasteiger partial charge in [0.2, 0.25) is 21.8 Å². The van der Waals surface area contributed by atoms with E-state index in [0.29, 0.717) is 54.6 Å². The predicted molar refractivity (Wildman–Crippen MR) is 220 cm³/mol. The zero-order valence-electron chi connectivity index (χ0n) is 34.1. The van der Waals surface area contributed by atoms with Crippen LogP contribution in [0.3, 0.4) is 0 Å². The Morgan fingerprint density at radius 2 is 1.85 bits per heavy atom. The van der Waals surface area contributed by atoms with Crippen LogP contribution in [-0.2, 0) is 35.6 Å². The fourth-order valence-electron chi connectivity index (χ4n) is 8.49. The first-order valence-electron chi connectivity index (χ1n) is 20.8. The van der Waals surface area contributed by atoms with Gasteiger partial charge in [-0.05, 0) is 90.3 Å². The molecule has 0 bridgehead atoms. The number of unbranched alkanes of at least 4 members (excludes halogenated alkanes) is 3. The van der Waals surface area contributed by atoms with Gasteiger partial charge in [0.15, 0.2) is 0 Å². The van der Waals surface area contributed by atoms with Crippen LogP contribution in [0.1, 0.15) is 97.5 Å². The first kappa shape index (κ1) is 42.1. The number of alkyl carbamates (subject to hydrolysis) is 1. The molecular formula is C44H54FN5O8S. The van der Waals surface area contributed by atoms with Crippen molar-refractivity contribution in [2.75, 3.05) is 13.1 Å². The summed E-state index contributed by atoms with van der Waals surface area (Å²) in [6, 6.07) is 12.5. The molecule has 2 aromatic carbocycles. The molecule has 316 valence electrons. The molecule has 2 aliphatic carbocycles. The molecule has 7 rings (SSSR count). The maximum absolute atomic E-state index is 14.8. The molecule has 3 N–H and O–H groups in total. The average molecular weight is 832 g/mol. The van der Waals surface area contributed by atoms with Gasteiger partial charge in [-0.3, -0.25) is 19.1 Å². The van der Waals surface area contributed by atoms with Crippen LogP contribution >= 0.6 is 0 Å². The molecule has 4 atom stereocenters. The maximum atomic E-state index is 14.8. The van der Waals surface area contributed by atoms with Crippen molar-refractivity contribution < 1.29 is 41.5 Å². The molecule has 59 heavy (non-hydrogen) atoms. The summed E-state index contributed by atoms with van der Waals surface area (Å²) in [4.78, 5) is 61.8. The molecule has 3 heterocycles. The number of aryl methyl sites for hydroxylation is 1. The lowest BCUT2D eigenvalue weighted by Crippen LogP contribution is -2.70. The number of nitrogens with one attached hydrogen (secondary N) is 3. The number of pyridine rings is 1. The van der Waals surface area contributed by atoms with Gasteiger partial charge < -0.3 is 25.0 Å². The van der Waals surface area contributed by atoms with Crippen LogP contribution in [-0.4, -0.2) is 83.2 Å². The van der Waals surface area contributed by atoms with Crippen LogP contribution in [0.4, 0.5) is 9.18 Å². The van der Waals surface area contributed by atoms with Crippen molar-refractivity contribution in [1.82, 2.24) is 25.2 Å². The molecule has 1 spiro atoms. The van der Waals surface area contributed by atoms with E-state index in [0.717, 1.165) is 36.6 Å². The third kappa shape index (κ3) is 8.53. The van der Waals surface area contributed by atoms with E-state index in [4.69, 9.17) is 14.5 Å². The number of amides is 4. The largest absolute Gasteiger partial charge is 0.483 e. The fourth-order valence-corrected chi connectivity index (χ4v) is 9.80. The summed E-state index contributed by atoms with van der Waals surface area (Å²) in [6.45, 7) is 6.52. The SMILES string of the molecule is CCCCCC=CC1CCC1(NC(=O)C1CC2(CCc3c(c(-c4cccc(F)c4)nc4ccccc34)O2)CN1C(=O)CNC(=O)OC(C)C)C(=O)NS(=O)(=O)C1(C)CC1. The summed E-state index contributed by atoms with van der Waals surface area (Å²) >= 11 is 0. The van der Waals surface area contributed by atoms with E-state index in [1.165, 1.54) is 17.0 Å². The number of allylic oxidation sites excluding steroid dienone is 1. The van der Waals surface area contributed by atoms with Gasteiger partial charge in [0.25, 0.3) is 5.91 Å². The summed E-state index contributed by atoms with van der Waals surface area (Å²) in [7, 11) is -4.04. The number of halogens is 1. The van der Waals surface area contributed by atoms with Crippen LogP contribution in [0, 0.1) is 11.7 Å². The van der Waals surface area contributed by atoms with Crippen molar-refractivity contribution in [2.24, 2.45) is 5.92 Å². The highest BCUT2D eigenvalue weighted by atomic mass is 32.2.